The van der Waals surface area contributed by atoms with Crippen LogP contribution in [0.3, 0.4) is 0 Å². The van der Waals surface area contributed by atoms with E-state index in [0.717, 1.165) is 5.56 Å². The maximum absolute atomic E-state index is 11.2. The van der Waals surface area contributed by atoms with Gasteiger partial charge in [-0.15, -0.1) is 5.10 Å². The zero-order valence-electron chi connectivity index (χ0n) is 7.32. The molecular weight excluding hydrogens is 170 g/mol. The number of likely N-dealkylation sites (N-methyl/N-ethyl adjacent to an activating group) is 1. The van der Waals surface area contributed by atoms with Crippen LogP contribution >= 0.6 is 0 Å². The number of hydrogen-bond donors (Lipinski definition) is 2. The largest absolute Gasteiger partial charge is 0.492 e. The molecule has 2 rings (SSSR count). The van der Waals surface area contributed by atoms with Gasteiger partial charge >= 0.3 is 0 Å². The molecule has 1 unspecified atom stereocenters. The first-order valence-electron chi connectivity index (χ1n) is 4.15. The number of carbonyl (C=O) groups is 1. The summed E-state index contributed by atoms with van der Waals surface area (Å²) in [5, 5.41) is 15.5. The minimum Gasteiger partial charge on any atom is -0.492 e. The number of aromatic amines is 1. The number of nitrogens with one attached hydrogen (secondary N) is 1. The highest BCUT2D eigenvalue weighted by Gasteiger charge is 2.30. The molecule has 0 spiro atoms. The van der Waals surface area contributed by atoms with Crippen molar-refractivity contribution in [1.29, 1.82) is 0 Å². The van der Waals surface area contributed by atoms with Crippen molar-refractivity contribution in [3.8, 4) is 5.88 Å². The standard InChI is InChI=1S/C8H11N3O2/c1-11-4-5(2-7(11)12)6-3-9-10-8(6)13/h3,5H,2,4H2,1H3,(H2,9,10,13). The smallest absolute Gasteiger partial charge is 0.233 e. The lowest BCUT2D eigenvalue weighted by molar-refractivity contribution is -0.126. The fourth-order valence-corrected chi connectivity index (χ4v) is 1.66. The van der Waals surface area contributed by atoms with Crippen molar-refractivity contribution >= 4 is 5.91 Å². The van der Waals surface area contributed by atoms with Crippen molar-refractivity contribution in [3.63, 3.8) is 0 Å². The predicted octanol–water partition coefficient (Wildman–Crippen LogP) is 0.0610. The van der Waals surface area contributed by atoms with E-state index in [0.29, 0.717) is 13.0 Å². The third-order valence-corrected chi connectivity index (χ3v) is 2.43. The van der Waals surface area contributed by atoms with E-state index < -0.39 is 0 Å². The number of likely N-dealkylation sites (tertiary alicyclic amines) is 1. The van der Waals surface area contributed by atoms with E-state index in [2.05, 4.69) is 10.2 Å². The Balaban J connectivity index is 2.21. The average molecular weight is 181 g/mol. The lowest BCUT2D eigenvalue weighted by Gasteiger charge is -2.07. The van der Waals surface area contributed by atoms with Crippen molar-refractivity contribution in [2.24, 2.45) is 0 Å². The minimum absolute atomic E-state index is 0.00750. The third-order valence-electron chi connectivity index (χ3n) is 2.43. The first kappa shape index (κ1) is 8.10. The number of aromatic nitrogens is 2. The highest BCUT2D eigenvalue weighted by Crippen LogP contribution is 2.31. The molecule has 0 radical (unpaired) electrons. The third kappa shape index (κ3) is 1.26. The summed E-state index contributed by atoms with van der Waals surface area (Å²) in [5.41, 5.74) is 0.734. The molecule has 0 aliphatic carbocycles. The Bertz CT molecular complexity index is 334. The van der Waals surface area contributed by atoms with Crippen LogP contribution in [0, 0.1) is 0 Å². The molecular formula is C8H11N3O2. The molecule has 2 heterocycles. The SMILES string of the molecule is CN1CC(c2c[nH]nc2O)CC1=O. The Hall–Kier alpha value is -1.52. The normalized spacial score (nSPS) is 22.7. The Labute approximate surface area is 75.4 Å². The van der Waals surface area contributed by atoms with Gasteiger partial charge in [0.1, 0.15) is 0 Å². The second-order valence-electron chi connectivity index (χ2n) is 3.34. The van der Waals surface area contributed by atoms with E-state index in [-0.39, 0.29) is 17.7 Å². The average Bonchev–Trinajstić information content (AvgIpc) is 2.60. The molecule has 1 aliphatic rings. The highest BCUT2D eigenvalue weighted by atomic mass is 16.3. The molecule has 13 heavy (non-hydrogen) atoms. The van der Waals surface area contributed by atoms with Crippen LogP contribution in [0.5, 0.6) is 5.88 Å². The molecule has 5 heteroatoms. The number of rotatable bonds is 1. The van der Waals surface area contributed by atoms with Gasteiger partial charge in [0.15, 0.2) is 0 Å². The lowest BCUT2D eigenvalue weighted by atomic mass is 10.0. The molecule has 0 aromatic carbocycles. The number of H-pyrrole nitrogens is 1. The second kappa shape index (κ2) is 2.76. The van der Waals surface area contributed by atoms with Crippen LogP contribution in [-0.2, 0) is 4.79 Å². The summed E-state index contributed by atoms with van der Waals surface area (Å²) < 4.78 is 0. The van der Waals surface area contributed by atoms with Crippen LogP contribution < -0.4 is 0 Å². The van der Waals surface area contributed by atoms with Gasteiger partial charge in [-0.1, -0.05) is 0 Å². The number of aromatic hydroxyl groups is 1. The number of carbonyl (C=O) groups excluding carboxylic acids is 1. The summed E-state index contributed by atoms with van der Waals surface area (Å²) in [5.74, 6) is 0.204. The quantitative estimate of drug-likeness (QED) is 0.643. The fraction of sp³-hybridized carbons (Fsp3) is 0.500. The van der Waals surface area contributed by atoms with Crippen LogP contribution in [0.25, 0.3) is 0 Å². The summed E-state index contributed by atoms with van der Waals surface area (Å²) in [6.45, 7) is 0.659. The number of nitrogens with zero attached hydrogens (tertiary/aromatic N) is 2. The van der Waals surface area contributed by atoms with Gasteiger partial charge in [0, 0.05) is 37.7 Å². The summed E-state index contributed by atoms with van der Waals surface area (Å²) in [7, 11) is 1.76. The minimum atomic E-state index is 0.00750. The predicted molar refractivity (Wildman–Crippen MR) is 45.2 cm³/mol. The molecule has 1 amide bonds. The Morgan fingerprint density at radius 1 is 1.77 bits per heavy atom. The van der Waals surface area contributed by atoms with Crippen LogP contribution in [0.4, 0.5) is 0 Å². The monoisotopic (exact) mass is 181 g/mol. The first-order valence-corrected chi connectivity index (χ1v) is 4.15. The molecule has 1 fully saturated rings. The van der Waals surface area contributed by atoms with Gasteiger partial charge in [-0.05, 0) is 0 Å². The van der Waals surface area contributed by atoms with Crippen molar-refractivity contribution in [2.45, 2.75) is 12.3 Å². The van der Waals surface area contributed by atoms with Crippen LogP contribution in [0.2, 0.25) is 0 Å². The van der Waals surface area contributed by atoms with E-state index in [1.807, 2.05) is 0 Å². The Morgan fingerprint density at radius 2 is 2.54 bits per heavy atom. The van der Waals surface area contributed by atoms with Crippen molar-refractivity contribution in [1.82, 2.24) is 15.1 Å². The van der Waals surface area contributed by atoms with Gasteiger partial charge < -0.3 is 10.0 Å². The lowest BCUT2D eigenvalue weighted by Crippen LogP contribution is -2.18. The van der Waals surface area contributed by atoms with Crippen molar-refractivity contribution in [2.75, 3.05) is 13.6 Å². The van der Waals surface area contributed by atoms with Crippen LogP contribution in [-0.4, -0.2) is 39.7 Å². The van der Waals surface area contributed by atoms with Gasteiger partial charge in [0.25, 0.3) is 0 Å². The van der Waals surface area contributed by atoms with Crippen LogP contribution in [0.1, 0.15) is 17.9 Å². The molecule has 1 aliphatic heterocycles. The summed E-state index contributed by atoms with van der Waals surface area (Å²) in [4.78, 5) is 12.9. The zero-order chi connectivity index (χ0) is 9.42. The summed E-state index contributed by atoms with van der Waals surface area (Å²) >= 11 is 0. The van der Waals surface area contributed by atoms with Crippen LogP contribution in [0.15, 0.2) is 6.20 Å². The molecule has 1 saturated heterocycles. The van der Waals surface area contributed by atoms with Crippen molar-refractivity contribution < 1.29 is 9.90 Å². The van der Waals surface area contributed by atoms with E-state index in [9.17, 15) is 9.90 Å². The maximum atomic E-state index is 11.2. The van der Waals surface area contributed by atoms with Gasteiger partial charge in [-0.3, -0.25) is 9.89 Å². The Kier molecular flexibility index (Phi) is 1.72. The fourth-order valence-electron chi connectivity index (χ4n) is 1.66. The number of hydrogen-bond acceptors (Lipinski definition) is 3. The summed E-state index contributed by atoms with van der Waals surface area (Å²) in [6, 6.07) is 0. The molecule has 2 N–H and O–H groups in total. The topological polar surface area (TPSA) is 69.2 Å². The van der Waals surface area contributed by atoms with E-state index >= 15 is 0 Å². The highest BCUT2D eigenvalue weighted by molar-refractivity contribution is 5.79. The number of amides is 1. The Morgan fingerprint density at radius 3 is 3.00 bits per heavy atom. The van der Waals surface area contributed by atoms with Gasteiger partial charge in [0.05, 0.1) is 0 Å². The molecule has 1 atom stereocenters. The van der Waals surface area contributed by atoms with E-state index in [4.69, 9.17) is 0 Å². The first-order chi connectivity index (χ1) is 6.18. The van der Waals surface area contributed by atoms with E-state index in [1.54, 1.807) is 18.1 Å². The summed E-state index contributed by atoms with van der Waals surface area (Å²) in [6.07, 6.45) is 2.11. The van der Waals surface area contributed by atoms with Gasteiger partial charge in [-0.2, -0.15) is 0 Å². The molecule has 1 aromatic heterocycles. The van der Waals surface area contributed by atoms with Gasteiger partial charge in [-0.25, -0.2) is 0 Å². The molecule has 0 saturated carbocycles. The molecule has 0 bridgehead atoms. The maximum Gasteiger partial charge on any atom is 0.233 e. The second-order valence-corrected chi connectivity index (χ2v) is 3.34. The molecule has 1 aromatic rings. The molecule has 5 nitrogen and oxygen atoms in total. The zero-order valence-corrected chi connectivity index (χ0v) is 7.32. The molecule has 70 valence electrons. The van der Waals surface area contributed by atoms with Gasteiger partial charge in [0.2, 0.25) is 11.8 Å². The van der Waals surface area contributed by atoms with Crippen molar-refractivity contribution in [3.05, 3.63) is 11.8 Å². The van der Waals surface area contributed by atoms with E-state index in [1.165, 1.54) is 0 Å².